The Morgan fingerprint density at radius 1 is 1.00 bits per heavy atom. The maximum Gasteiger partial charge on any atom is 0.202 e. The summed E-state index contributed by atoms with van der Waals surface area (Å²) in [5.41, 5.74) is 0.939. The van der Waals surface area contributed by atoms with Gasteiger partial charge in [0.1, 0.15) is 17.3 Å². The molecule has 4 heteroatoms. The summed E-state index contributed by atoms with van der Waals surface area (Å²) in [5, 5.41) is 10.6. The fourth-order valence-electron chi connectivity index (χ4n) is 5.14. The Balaban J connectivity index is 1.47. The van der Waals surface area contributed by atoms with E-state index in [2.05, 4.69) is 13.8 Å². The summed E-state index contributed by atoms with van der Waals surface area (Å²) in [7, 11) is 0. The molecule has 2 atom stereocenters. The van der Waals surface area contributed by atoms with Gasteiger partial charge in [-0.1, -0.05) is 69.5 Å². The first-order valence-corrected chi connectivity index (χ1v) is 12.5. The summed E-state index contributed by atoms with van der Waals surface area (Å²) in [5.74, 6) is 4.38. The van der Waals surface area contributed by atoms with Crippen LogP contribution in [0.2, 0.25) is 0 Å². The molecule has 33 heavy (non-hydrogen) atoms. The zero-order valence-electron chi connectivity index (χ0n) is 20.0. The standard InChI is InChI=1S/C29H37NO3/c1-21(2)23(17-18-32-24-13-7-4-8-14-24)19-25-20-30-29(33-25)28(22-11-5-3-6-12-22)26-15-9-10-16-27(26)31/h4,7-10,13-16,20-23,28,31H,3,5-6,11-12,17-19H2,1-2H3/t23?,28-/m1/s1. The zero-order valence-corrected chi connectivity index (χ0v) is 20.0. The van der Waals surface area contributed by atoms with Crippen molar-refractivity contribution in [2.45, 2.75) is 64.7 Å². The van der Waals surface area contributed by atoms with Crippen molar-refractivity contribution in [3.05, 3.63) is 78.0 Å². The first-order chi connectivity index (χ1) is 16.1. The predicted octanol–water partition coefficient (Wildman–Crippen LogP) is 7.38. The van der Waals surface area contributed by atoms with Gasteiger partial charge in [0.2, 0.25) is 5.89 Å². The quantitative estimate of drug-likeness (QED) is 0.352. The smallest absolute Gasteiger partial charge is 0.202 e. The third-order valence-electron chi connectivity index (χ3n) is 7.14. The van der Waals surface area contributed by atoms with Crippen molar-refractivity contribution in [3.63, 3.8) is 0 Å². The fraction of sp³-hybridized carbons (Fsp3) is 0.483. The number of aromatic hydroxyl groups is 1. The highest BCUT2D eigenvalue weighted by Gasteiger charge is 2.32. The number of para-hydroxylation sites is 2. The lowest BCUT2D eigenvalue weighted by Crippen LogP contribution is -2.18. The molecule has 176 valence electrons. The van der Waals surface area contributed by atoms with Crippen LogP contribution in [0.4, 0.5) is 0 Å². The second-order valence-corrected chi connectivity index (χ2v) is 9.76. The van der Waals surface area contributed by atoms with E-state index >= 15 is 0 Å². The van der Waals surface area contributed by atoms with Crippen molar-refractivity contribution < 1.29 is 14.3 Å². The normalized spacial score (nSPS) is 16.6. The summed E-state index contributed by atoms with van der Waals surface area (Å²) in [6.45, 7) is 5.21. The monoisotopic (exact) mass is 447 g/mol. The lowest BCUT2D eigenvalue weighted by molar-refractivity contribution is 0.237. The van der Waals surface area contributed by atoms with Gasteiger partial charge in [0, 0.05) is 12.0 Å². The number of phenolic OH excluding ortho intramolecular Hbond substituents is 1. The molecular weight excluding hydrogens is 410 g/mol. The topological polar surface area (TPSA) is 55.5 Å². The number of nitrogens with zero attached hydrogens (tertiary/aromatic N) is 1. The van der Waals surface area contributed by atoms with Crippen LogP contribution in [0.1, 0.15) is 75.5 Å². The summed E-state index contributed by atoms with van der Waals surface area (Å²) in [4.78, 5) is 4.74. The number of benzene rings is 2. The Labute approximate surface area is 198 Å². The van der Waals surface area contributed by atoms with E-state index in [4.69, 9.17) is 14.1 Å². The first kappa shape index (κ1) is 23.4. The van der Waals surface area contributed by atoms with E-state index in [1.165, 1.54) is 19.3 Å². The van der Waals surface area contributed by atoms with E-state index in [-0.39, 0.29) is 5.92 Å². The number of hydrogen-bond acceptors (Lipinski definition) is 4. The molecule has 0 aliphatic heterocycles. The molecule has 2 aromatic carbocycles. The van der Waals surface area contributed by atoms with Gasteiger partial charge in [0.05, 0.1) is 18.7 Å². The second-order valence-electron chi connectivity index (χ2n) is 9.76. The van der Waals surface area contributed by atoms with Crippen LogP contribution in [0, 0.1) is 17.8 Å². The Kier molecular flexibility index (Phi) is 8.09. The molecule has 4 rings (SSSR count). The van der Waals surface area contributed by atoms with Gasteiger partial charge >= 0.3 is 0 Å². The largest absolute Gasteiger partial charge is 0.508 e. The molecule has 1 aliphatic rings. The van der Waals surface area contributed by atoms with Gasteiger partial charge < -0.3 is 14.3 Å². The van der Waals surface area contributed by atoms with Crippen LogP contribution in [0.15, 0.2) is 65.2 Å². The van der Waals surface area contributed by atoms with Crippen molar-refractivity contribution in [1.82, 2.24) is 4.98 Å². The minimum atomic E-state index is 0.0131. The average molecular weight is 448 g/mol. The molecule has 0 saturated heterocycles. The van der Waals surface area contributed by atoms with Gasteiger partial charge in [0.15, 0.2) is 0 Å². The van der Waals surface area contributed by atoms with Crippen molar-refractivity contribution in [1.29, 1.82) is 0 Å². The van der Waals surface area contributed by atoms with Crippen LogP contribution >= 0.6 is 0 Å². The van der Waals surface area contributed by atoms with Crippen LogP contribution in [0.5, 0.6) is 11.5 Å². The Bertz CT molecular complexity index is 975. The van der Waals surface area contributed by atoms with Crippen molar-refractivity contribution in [2.24, 2.45) is 17.8 Å². The maximum atomic E-state index is 10.6. The lowest BCUT2D eigenvalue weighted by atomic mass is 9.76. The molecule has 3 aromatic rings. The van der Waals surface area contributed by atoms with Crippen LogP contribution < -0.4 is 4.74 Å². The number of ether oxygens (including phenoxy) is 1. The van der Waals surface area contributed by atoms with Crippen LogP contribution in [0.3, 0.4) is 0 Å². The molecule has 0 amide bonds. The van der Waals surface area contributed by atoms with E-state index < -0.39 is 0 Å². The zero-order chi connectivity index (χ0) is 23.0. The Morgan fingerprint density at radius 3 is 2.45 bits per heavy atom. The number of hydrogen-bond donors (Lipinski definition) is 1. The van der Waals surface area contributed by atoms with Gasteiger partial charge in [-0.2, -0.15) is 0 Å². The summed E-state index contributed by atoms with van der Waals surface area (Å²) < 4.78 is 12.3. The molecule has 1 aliphatic carbocycles. The molecule has 1 saturated carbocycles. The van der Waals surface area contributed by atoms with Crippen LogP contribution in [-0.2, 0) is 6.42 Å². The number of phenols is 1. The Morgan fingerprint density at radius 2 is 1.73 bits per heavy atom. The van der Waals surface area contributed by atoms with Gasteiger partial charge in [0.25, 0.3) is 0 Å². The molecule has 0 spiro atoms. The summed E-state index contributed by atoms with van der Waals surface area (Å²) in [6.07, 6.45) is 9.79. The molecule has 0 bridgehead atoms. The minimum absolute atomic E-state index is 0.0131. The van der Waals surface area contributed by atoms with Crippen molar-refractivity contribution >= 4 is 0 Å². The van der Waals surface area contributed by atoms with Crippen molar-refractivity contribution in [3.8, 4) is 11.5 Å². The minimum Gasteiger partial charge on any atom is -0.508 e. The second kappa shape index (κ2) is 11.4. The first-order valence-electron chi connectivity index (χ1n) is 12.5. The van der Waals surface area contributed by atoms with E-state index in [0.717, 1.165) is 48.6 Å². The van der Waals surface area contributed by atoms with Crippen molar-refractivity contribution in [2.75, 3.05) is 6.61 Å². The third-order valence-corrected chi connectivity index (χ3v) is 7.14. The maximum absolute atomic E-state index is 10.6. The van der Waals surface area contributed by atoms with E-state index in [1.807, 2.05) is 54.7 Å². The van der Waals surface area contributed by atoms with Crippen LogP contribution in [0.25, 0.3) is 0 Å². The fourth-order valence-corrected chi connectivity index (χ4v) is 5.14. The van der Waals surface area contributed by atoms with Gasteiger partial charge in [-0.3, -0.25) is 0 Å². The highest BCUT2D eigenvalue weighted by Crippen LogP contribution is 2.43. The molecule has 1 unspecified atom stereocenters. The van der Waals surface area contributed by atoms with E-state index in [9.17, 15) is 5.11 Å². The molecule has 1 N–H and O–H groups in total. The summed E-state index contributed by atoms with van der Waals surface area (Å²) in [6, 6.07) is 17.7. The molecule has 1 aromatic heterocycles. The predicted molar refractivity (Wildman–Crippen MR) is 132 cm³/mol. The van der Waals surface area contributed by atoms with Gasteiger partial charge in [-0.15, -0.1) is 0 Å². The highest BCUT2D eigenvalue weighted by molar-refractivity contribution is 5.38. The highest BCUT2D eigenvalue weighted by atomic mass is 16.5. The molecule has 0 radical (unpaired) electrons. The average Bonchev–Trinajstić information content (AvgIpc) is 3.29. The molecule has 1 heterocycles. The molecule has 1 fully saturated rings. The molecule has 4 nitrogen and oxygen atoms in total. The van der Waals surface area contributed by atoms with E-state index in [1.54, 1.807) is 6.07 Å². The number of oxazole rings is 1. The third kappa shape index (κ3) is 6.19. The van der Waals surface area contributed by atoms with Gasteiger partial charge in [-0.25, -0.2) is 4.98 Å². The SMILES string of the molecule is CC(C)C(CCOc1ccccc1)Cc1cnc([C@@H](c2ccccc2O)C2CCCCC2)o1. The number of aromatic nitrogens is 1. The van der Waals surface area contributed by atoms with Gasteiger partial charge in [-0.05, 0) is 55.2 Å². The summed E-state index contributed by atoms with van der Waals surface area (Å²) >= 11 is 0. The van der Waals surface area contributed by atoms with Crippen LogP contribution in [-0.4, -0.2) is 16.7 Å². The molecular formula is C29H37NO3. The van der Waals surface area contributed by atoms with E-state index in [0.29, 0.717) is 30.1 Å². The lowest BCUT2D eigenvalue weighted by Gasteiger charge is -2.29. The number of rotatable bonds is 10. The Hall–Kier alpha value is -2.75.